The van der Waals surface area contributed by atoms with Crippen molar-refractivity contribution in [2.45, 2.75) is 6.92 Å². The molecule has 1 amide bonds. The molecule has 94 valence electrons. The van der Waals surface area contributed by atoms with Crippen LogP contribution in [0.3, 0.4) is 0 Å². The van der Waals surface area contributed by atoms with E-state index in [2.05, 4.69) is 10.4 Å². The predicted molar refractivity (Wildman–Crippen MR) is 71.8 cm³/mol. The summed E-state index contributed by atoms with van der Waals surface area (Å²) in [6.07, 6.45) is 1.44. The number of benzene rings is 1. The van der Waals surface area contributed by atoms with Crippen LogP contribution < -0.4 is 11.1 Å². The number of halogens is 1. The topological polar surface area (TPSA) is 72.9 Å². The first-order valence-electron chi connectivity index (χ1n) is 5.34. The maximum absolute atomic E-state index is 12.1. The second-order valence-electron chi connectivity index (χ2n) is 3.99. The molecule has 5 nitrogen and oxygen atoms in total. The van der Waals surface area contributed by atoms with Crippen molar-refractivity contribution < 1.29 is 4.79 Å². The third kappa shape index (κ3) is 2.31. The van der Waals surface area contributed by atoms with E-state index in [1.807, 2.05) is 13.0 Å². The molecule has 0 saturated heterocycles. The van der Waals surface area contributed by atoms with E-state index < -0.39 is 0 Å². The van der Waals surface area contributed by atoms with Gasteiger partial charge in [-0.05, 0) is 24.6 Å². The largest absolute Gasteiger partial charge is 0.396 e. The van der Waals surface area contributed by atoms with Gasteiger partial charge in [-0.3, -0.25) is 9.48 Å². The highest BCUT2D eigenvalue weighted by Crippen LogP contribution is 2.21. The molecule has 18 heavy (non-hydrogen) atoms. The third-order valence-electron chi connectivity index (χ3n) is 2.63. The zero-order valence-electron chi connectivity index (χ0n) is 10.1. The summed E-state index contributed by atoms with van der Waals surface area (Å²) in [5.74, 6) is -0.308. The monoisotopic (exact) mass is 264 g/mol. The van der Waals surface area contributed by atoms with Gasteiger partial charge in [0.25, 0.3) is 5.91 Å². The van der Waals surface area contributed by atoms with Gasteiger partial charge in [-0.1, -0.05) is 17.7 Å². The highest BCUT2D eigenvalue weighted by Gasteiger charge is 2.15. The van der Waals surface area contributed by atoms with Crippen LogP contribution in [-0.2, 0) is 7.05 Å². The minimum absolute atomic E-state index is 0.308. The zero-order valence-corrected chi connectivity index (χ0v) is 10.8. The summed E-state index contributed by atoms with van der Waals surface area (Å²) in [6.45, 7) is 1.89. The number of aromatic nitrogens is 2. The van der Waals surface area contributed by atoms with Crippen LogP contribution in [0.2, 0.25) is 5.02 Å². The van der Waals surface area contributed by atoms with Gasteiger partial charge in [-0.25, -0.2) is 0 Å². The number of hydrogen-bond donors (Lipinski definition) is 2. The van der Waals surface area contributed by atoms with Crippen LogP contribution in [0.15, 0.2) is 24.4 Å². The third-order valence-corrected chi connectivity index (χ3v) is 2.87. The molecule has 0 bridgehead atoms. The van der Waals surface area contributed by atoms with Gasteiger partial charge in [0.2, 0.25) is 0 Å². The number of rotatable bonds is 2. The molecule has 0 aliphatic heterocycles. The van der Waals surface area contributed by atoms with Crippen LogP contribution in [0.1, 0.15) is 16.1 Å². The molecule has 1 aromatic carbocycles. The number of amides is 1. The summed E-state index contributed by atoms with van der Waals surface area (Å²) in [5.41, 5.74) is 7.95. The summed E-state index contributed by atoms with van der Waals surface area (Å²) in [5, 5.41) is 7.26. The predicted octanol–water partition coefficient (Wildman–Crippen LogP) is 2.22. The van der Waals surface area contributed by atoms with Crippen molar-refractivity contribution >= 4 is 28.9 Å². The molecule has 3 N–H and O–H groups in total. The molecule has 0 atom stereocenters. The Morgan fingerprint density at radius 1 is 1.50 bits per heavy atom. The van der Waals surface area contributed by atoms with Gasteiger partial charge in [-0.15, -0.1) is 0 Å². The van der Waals surface area contributed by atoms with Gasteiger partial charge in [0.1, 0.15) is 5.69 Å². The highest BCUT2D eigenvalue weighted by atomic mass is 35.5. The van der Waals surface area contributed by atoms with Gasteiger partial charge >= 0.3 is 0 Å². The van der Waals surface area contributed by atoms with Crippen LogP contribution in [-0.4, -0.2) is 15.7 Å². The maximum atomic E-state index is 12.1. The molecular weight excluding hydrogens is 252 g/mol. The van der Waals surface area contributed by atoms with Crippen molar-refractivity contribution in [2.24, 2.45) is 7.05 Å². The number of nitrogen functional groups attached to an aromatic ring is 1. The minimum atomic E-state index is -0.308. The van der Waals surface area contributed by atoms with E-state index in [1.54, 1.807) is 19.2 Å². The molecule has 6 heteroatoms. The number of hydrogen-bond acceptors (Lipinski definition) is 3. The van der Waals surface area contributed by atoms with Gasteiger partial charge in [-0.2, -0.15) is 5.10 Å². The van der Waals surface area contributed by atoms with Gasteiger partial charge in [0.05, 0.1) is 11.9 Å². The zero-order chi connectivity index (χ0) is 13.3. The summed E-state index contributed by atoms with van der Waals surface area (Å²) in [7, 11) is 1.66. The number of carbonyl (C=O) groups is 1. The molecule has 0 fully saturated rings. The van der Waals surface area contributed by atoms with Crippen molar-refractivity contribution in [3.05, 3.63) is 40.7 Å². The normalized spacial score (nSPS) is 10.4. The molecule has 0 saturated carbocycles. The Hall–Kier alpha value is -2.01. The Balaban J connectivity index is 2.30. The first-order chi connectivity index (χ1) is 8.49. The first kappa shape index (κ1) is 12.4. The summed E-state index contributed by atoms with van der Waals surface area (Å²) >= 11 is 5.89. The average Bonchev–Trinajstić information content (AvgIpc) is 2.63. The van der Waals surface area contributed by atoms with Crippen LogP contribution in [0, 0.1) is 6.92 Å². The van der Waals surface area contributed by atoms with Crippen molar-refractivity contribution in [1.29, 1.82) is 0 Å². The van der Waals surface area contributed by atoms with Crippen molar-refractivity contribution in [3.63, 3.8) is 0 Å². The minimum Gasteiger partial charge on any atom is -0.396 e. The van der Waals surface area contributed by atoms with Crippen molar-refractivity contribution in [2.75, 3.05) is 11.1 Å². The molecular formula is C12H13ClN4O. The molecule has 0 spiro atoms. The molecule has 2 aromatic rings. The van der Waals surface area contributed by atoms with Gasteiger partial charge in [0, 0.05) is 17.8 Å². The number of carbonyl (C=O) groups excluding carboxylic acids is 1. The fraction of sp³-hybridized carbons (Fsp3) is 0.167. The lowest BCUT2D eigenvalue weighted by molar-refractivity contribution is 0.101. The Kier molecular flexibility index (Phi) is 3.25. The maximum Gasteiger partial charge on any atom is 0.276 e. The second-order valence-corrected chi connectivity index (χ2v) is 4.42. The fourth-order valence-electron chi connectivity index (χ4n) is 1.64. The van der Waals surface area contributed by atoms with Crippen LogP contribution in [0.25, 0.3) is 0 Å². The summed E-state index contributed by atoms with van der Waals surface area (Å²) in [4.78, 5) is 12.1. The molecule has 0 aliphatic rings. The van der Waals surface area contributed by atoms with Crippen LogP contribution in [0.4, 0.5) is 11.4 Å². The summed E-state index contributed by atoms with van der Waals surface area (Å²) < 4.78 is 1.44. The van der Waals surface area contributed by atoms with E-state index in [9.17, 15) is 4.79 Å². The first-order valence-corrected chi connectivity index (χ1v) is 5.72. The smallest absolute Gasteiger partial charge is 0.276 e. The van der Waals surface area contributed by atoms with E-state index in [1.165, 1.54) is 10.9 Å². The van der Waals surface area contributed by atoms with Crippen molar-refractivity contribution in [1.82, 2.24) is 9.78 Å². The molecule has 1 heterocycles. The lowest BCUT2D eigenvalue weighted by Crippen LogP contribution is -2.18. The number of nitrogens with one attached hydrogen (secondary N) is 1. The van der Waals surface area contributed by atoms with E-state index in [4.69, 9.17) is 17.3 Å². The van der Waals surface area contributed by atoms with Crippen LogP contribution in [0.5, 0.6) is 0 Å². The Bertz CT molecular complexity index is 587. The van der Waals surface area contributed by atoms with E-state index in [-0.39, 0.29) is 5.91 Å². The number of nitrogens with two attached hydrogens (primary N) is 1. The number of nitrogens with zero attached hydrogens (tertiary/aromatic N) is 2. The average molecular weight is 265 g/mol. The quantitative estimate of drug-likeness (QED) is 0.873. The van der Waals surface area contributed by atoms with Crippen molar-refractivity contribution in [3.8, 4) is 0 Å². The number of anilines is 2. The Labute approximate surface area is 110 Å². The van der Waals surface area contributed by atoms with Crippen LogP contribution >= 0.6 is 11.6 Å². The molecule has 0 radical (unpaired) electrons. The Morgan fingerprint density at radius 3 is 2.83 bits per heavy atom. The second kappa shape index (κ2) is 4.70. The molecule has 0 unspecified atom stereocenters. The standard InChI is InChI=1S/C12H13ClN4O/c1-7-3-4-8(13)5-10(7)16-12(18)11-9(14)6-15-17(11)2/h3-6H,14H2,1-2H3,(H,16,18). The van der Waals surface area contributed by atoms with E-state index in [0.717, 1.165) is 5.56 Å². The summed E-state index contributed by atoms with van der Waals surface area (Å²) in [6, 6.07) is 5.30. The van der Waals surface area contributed by atoms with Gasteiger partial charge in [0.15, 0.2) is 0 Å². The van der Waals surface area contributed by atoms with E-state index >= 15 is 0 Å². The molecule has 0 aliphatic carbocycles. The SMILES string of the molecule is Cc1ccc(Cl)cc1NC(=O)c1c(N)cnn1C. The van der Waals surface area contributed by atoms with Gasteiger partial charge < -0.3 is 11.1 Å². The molecule has 1 aromatic heterocycles. The molecule has 2 rings (SSSR count). The number of aryl methyl sites for hydroxylation is 2. The highest BCUT2D eigenvalue weighted by molar-refractivity contribution is 6.31. The lowest BCUT2D eigenvalue weighted by Gasteiger charge is -2.09. The Morgan fingerprint density at radius 2 is 2.22 bits per heavy atom. The van der Waals surface area contributed by atoms with E-state index in [0.29, 0.717) is 22.1 Å². The fourth-order valence-corrected chi connectivity index (χ4v) is 1.82. The lowest BCUT2D eigenvalue weighted by atomic mass is 10.2.